The number of rotatable bonds is 5. The van der Waals surface area contributed by atoms with Gasteiger partial charge < -0.3 is 14.7 Å². The first-order valence-electron chi connectivity index (χ1n) is 10.5. The van der Waals surface area contributed by atoms with Crippen LogP contribution in [-0.4, -0.2) is 71.7 Å². The van der Waals surface area contributed by atoms with Gasteiger partial charge in [0, 0.05) is 52.1 Å². The zero-order chi connectivity index (χ0) is 18.4. The summed E-state index contributed by atoms with van der Waals surface area (Å²) >= 11 is 0. The van der Waals surface area contributed by atoms with Crippen LogP contribution >= 0.6 is 0 Å². The van der Waals surface area contributed by atoms with Crippen LogP contribution in [0.25, 0.3) is 0 Å². The number of amides is 3. The number of nitrogens with zero attached hydrogens (tertiary/aromatic N) is 3. The van der Waals surface area contributed by atoms with Crippen molar-refractivity contribution in [2.75, 3.05) is 39.3 Å². The molecule has 0 radical (unpaired) electrons. The van der Waals surface area contributed by atoms with Crippen LogP contribution in [0.1, 0.15) is 64.2 Å². The smallest absolute Gasteiger partial charge is 0.227 e. The second kappa shape index (κ2) is 9.38. The fourth-order valence-electron chi connectivity index (χ4n) is 4.45. The maximum absolute atomic E-state index is 12.9. The van der Waals surface area contributed by atoms with Gasteiger partial charge in [-0.15, -0.1) is 0 Å². The summed E-state index contributed by atoms with van der Waals surface area (Å²) in [6.45, 7) is 4.55. The molecule has 1 atom stereocenters. The molecule has 0 aromatic carbocycles. The van der Waals surface area contributed by atoms with Gasteiger partial charge in [0.05, 0.1) is 5.92 Å². The predicted molar refractivity (Wildman–Crippen MR) is 99.4 cm³/mol. The lowest BCUT2D eigenvalue weighted by molar-refractivity contribution is -0.143. The lowest BCUT2D eigenvalue weighted by atomic mass is 9.95. The fourth-order valence-corrected chi connectivity index (χ4v) is 4.45. The molecule has 6 nitrogen and oxygen atoms in total. The molecule has 3 fully saturated rings. The van der Waals surface area contributed by atoms with Gasteiger partial charge in [-0.1, -0.05) is 19.3 Å². The first-order valence-corrected chi connectivity index (χ1v) is 10.5. The number of likely N-dealkylation sites (tertiary alicyclic amines) is 3. The monoisotopic (exact) mass is 363 g/mol. The van der Waals surface area contributed by atoms with Gasteiger partial charge in [0.1, 0.15) is 0 Å². The van der Waals surface area contributed by atoms with E-state index in [1.165, 1.54) is 19.3 Å². The molecular formula is C20H33N3O3. The SMILES string of the molecule is O=C1CCCN1CCCN1CC(C(=O)N2CCCCCCC2)CCC1=O. The summed E-state index contributed by atoms with van der Waals surface area (Å²) in [5, 5.41) is 0. The molecule has 3 aliphatic heterocycles. The van der Waals surface area contributed by atoms with Crippen molar-refractivity contribution in [2.45, 2.75) is 64.2 Å². The Kier molecular flexibility index (Phi) is 6.92. The number of carbonyl (C=O) groups is 3. The highest BCUT2D eigenvalue weighted by molar-refractivity contribution is 5.84. The van der Waals surface area contributed by atoms with Crippen LogP contribution in [0.15, 0.2) is 0 Å². The van der Waals surface area contributed by atoms with Crippen molar-refractivity contribution >= 4 is 17.7 Å². The fraction of sp³-hybridized carbons (Fsp3) is 0.850. The Hall–Kier alpha value is -1.59. The number of carbonyl (C=O) groups excluding carboxylic acids is 3. The third-order valence-corrected chi connectivity index (χ3v) is 6.04. The molecule has 0 saturated carbocycles. The molecule has 0 bridgehead atoms. The van der Waals surface area contributed by atoms with Gasteiger partial charge in [-0.25, -0.2) is 0 Å². The van der Waals surface area contributed by atoms with Crippen molar-refractivity contribution in [3.05, 3.63) is 0 Å². The quantitative estimate of drug-likeness (QED) is 0.751. The van der Waals surface area contributed by atoms with Gasteiger partial charge in [0.15, 0.2) is 0 Å². The van der Waals surface area contributed by atoms with Crippen LogP contribution in [0.4, 0.5) is 0 Å². The Morgan fingerprint density at radius 2 is 1.46 bits per heavy atom. The summed E-state index contributed by atoms with van der Waals surface area (Å²) in [6, 6.07) is 0. The second-order valence-electron chi connectivity index (χ2n) is 8.01. The molecule has 3 aliphatic rings. The molecule has 3 saturated heterocycles. The van der Waals surface area contributed by atoms with Crippen molar-refractivity contribution in [3.8, 4) is 0 Å². The van der Waals surface area contributed by atoms with E-state index in [0.29, 0.717) is 32.4 Å². The van der Waals surface area contributed by atoms with Crippen LogP contribution in [0, 0.1) is 5.92 Å². The molecule has 0 N–H and O–H groups in total. The largest absolute Gasteiger partial charge is 0.343 e. The average molecular weight is 364 g/mol. The second-order valence-corrected chi connectivity index (χ2v) is 8.01. The lowest BCUT2D eigenvalue weighted by Crippen LogP contribution is -2.48. The zero-order valence-corrected chi connectivity index (χ0v) is 16.0. The van der Waals surface area contributed by atoms with E-state index in [0.717, 1.165) is 51.9 Å². The number of hydrogen-bond donors (Lipinski definition) is 0. The van der Waals surface area contributed by atoms with Crippen LogP contribution in [0.3, 0.4) is 0 Å². The van der Waals surface area contributed by atoms with Crippen molar-refractivity contribution < 1.29 is 14.4 Å². The van der Waals surface area contributed by atoms with Crippen molar-refractivity contribution in [3.63, 3.8) is 0 Å². The molecule has 0 spiro atoms. The molecule has 1 unspecified atom stereocenters. The molecular weight excluding hydrogens is 330 g/mol. The topological polar surface area (TPSA) is 60.9 Å². The lowest BCUT2D eigenvalue weighted by Gasteiger charge is -2.35. The summed E-state index contributed by atoms with van der Waals surface area (Å²) in [5.41, 5.74) is 0. The van der Waals surface area contributed by atoms with E-state index < -0.39 is 0 Å². The summed E-state index contributed by atoms with van der Waals surface area (Å²) in [5.74, 6) is 0.606. The minimum Gasteiger partial charge on any atom is -0.343 e. The van der Waals surface area contributed by atoms with Crippen LogP contribution in [0.5, 0.6) is 0 Å². The molecule has 0 aromatic heterocycles. The molecule has 0 aliphatic carbocycles. The van der Waals surface area contributed by atoms with Crippen molar-refractivity contribution in [1.29, 1.82) is 0 Å². The predicted octanol–water partition coefficient (Wildman–Crippen LogP) is 2.03. The van der Waals surface area contributed by atoms with Crippen LogP contribution in [0.2, 0.25) is 0 Å². The van der Waals surface area contributed by atoms with Gasteiger partial charge in [0.2, 0.25) is 17.7 Å². The van der Waals surface area contributed by atoms with Crippen LogP contribution < -0.4 is 0 Å². The summed E-state index contributed by atoms with van der Waals surface area (Å²) in [4.78, 5) is 42.7. The average Bonchev–Trinajstić information content (AvgIpc) is 3.01. The maximum Gasteiger partial charge on any atom is 0.227 e. The molecule has 3 heterocycles. The van der Waals surface area contributed by atoms with Gasteiger partial charge >= 0.3 is 0 Å². The third-order valence-electron chi connectivity index (χ3n) is 6.04. The number of hydrogen-bond acceptors (Lipinski definition) is 3. The summed E-state index contributed by atoms with van der Waals surface area (Å²) in [6.07, 6.45) is 9.51. The Bertz CT molecular complexity index is 514. The first-order chi connectivity index (χ1) is 12.6. The van der Waals surface area contributed by atoms with Crippen molar-refractivity contribution in [1.82, 2.24) is 14.7 Å². The minimum atomic E-state index is -0.0412. The highest BCUT2D eigenvalue weighted by Crippen LogP contribution is 2.22. The van der Waals surface area contributed by atoms with Gasteiger partial charge in [0.25, 0.3) is 0 Å². The maximum atomic E-state index is 12.9. The molecule has 3 rings (SSSR count). The van der Waals surface area contributed by atoms with E-state index in [1.807, 2.05) is 14.7 Å². The molecule has 26 heavy (non-hydrogen) atoms. The molecule has 6 heteroatoms. The molecule has 0 aromatic rings. The highest BCUT2D eigenvalue weighted by Gasteiger charge is 2.32. The Morgan fingerprint density at radius 1 is 0.808 bits per heavy atom. The molecule has 146 valence electrons. The third kappa shape index (κ3) is 4.98. The van der Waals surface area contributed by atoms with Gasteiger partial charge in [-0.05, 0) is 32.1 Å². The highest BCUT2D eigenvalue weighted by atomic mass is 16.2. The van der Waals surface area contributed by atoms with E-state index in [9.17, 15) is 14.4 Å². The standard InChI is InChI=1S/C20H33N3O3/c24-18-8-6-13-21(18)14-7-15-23-16-17(9-10-19(23)25)20(26)22-11-4-2-1-3-5-12-22/h17H,1-16H2. The van der Waals surface area contributed by atoms with Crippen LogP contribution in [-0.2, 0) is 14.4 Å². The first kappa shape index (κ1) is 19.2. The van der Waals surface area contributed by atoms with E-state index in [4.69, 9.17) is 0 Å². The number of piperidine rings is 1. The summed E-state index contributed by atoms with van der Waals surface area (Å²) < 4.78 is 0. The van der Waals surface area contributed by atoms with Gasteiger partial charge in [-0.2, -0.15) is 0 Å². The molecule has 3 amide bonds. The van der Waals surface area contributed by atoms with E-state index in [-0.39, 0.29) is 23.6 Å². The van der Waals surface area contributed by atoms with Gasteiger partial charge in [-0.3, -0.25) is 14.4 Å². The van der Waals surface area contributed by atoms with E-state index >= 15 is 0 Å². The Labute approximate surface area is 156 Å². The zero-order valence-electron chi connectivity index (χ0n) is 16.0. The summed E-state index contributed by atoms with van der Waals surface area (Å²) in [7, 11) is 0. The van der Waals surface area contributed by atoms with E-state index in [1.54, 1.807) is 0 Å². The Balaban J connectivity index is 1.47. The van der Waals surface area contributed by atoms with E-state index in [2.05, 4.69) is 0 Å². The minimum absolute atomic E-state index is 0.0412. The normalized spacial score (nSPS) is 25.4. The van der Waals surface area contributed by atoms with Crippen molar-refractivity contribution in [2.24, 2.45) is 5.92 Å². The Morgan fingerprint density at radius 3 is 2.15 bits per heavy atom.